The summed E-state index contributed by atoms with van der Waals surface area (Å²) in [6.45, 7) is 0.170. The van der Waals surface area contributed by atoms with Crippen LogP contribution in [0.1, 0.15) is 29.2 Å². The summed E-state index contributed by atoms with van der Waals surface area (Å²) in [5, 5.41) is 2.85. The van der Waals surface area contributed by atoms with Crippen LogP contribution in [0.15, 0.2) is 34.9 Å². The summed E-state index contributed by atoms with van der Waals surface area (Å²) in [4.78, 5) is 15.9. The average molecular weight is 288 g/mol. The highest BCUT2D eigenvalue weighted by Gasteiger charge is 2.25. The summed E-state index contributed by atoms with van der Waals surface area (Å²) in [5.41, 5.74) is 0.287. The third-order valence-corrected chi connectivity index (χ3v) is 3.12. The van der Waals surface area contributed by atoms with E-state index in [1.54, 1.807) is 31.4 Å². The summed E-state index contributed by atoms with van der Waals surface area (Å²) in [6, 6.07) is 7.50. The largest absolute Gasteiger partial charge is 0.497 e. The van der Waals surface area contributed by atoms with Gasteiger partial charge in [-0.25, -0.2) is 4.98 Å². The molecule has 1 aliphatic carbocycles. The van der Waals surface area contributed by atoms with Crippen molar-refractivity contribution in [2.45, 2.75) is 25.5 Å². The highest BCUT2D eigenvalue weighted by atomic mass is 16.5. The number of methoxy groups -OCH3 is 1. The molecule has 1 saturated carbocycles. The first kappa shape index (κ1) is 13.5. The van der Waals surface area contributed by atoms with Gasteiger partial charge >= 0.3 is 0 Å². The van der Waals surface area contributed by atoms with Crippen molar-refractivity contribution in [1.29, 1.82) is 0 Å². The van der Waals surface area contributed by atoms with Gasteiger partial charge in [-0.2, -0.15) is 0 Å². The second kappa shape index (κ2) is 5.87. The van der Waals surface area contributed by atoms with Crippen molar-refractivity contribution in [2.75, 3.05) is 7.11 Å². The molecule has 1 heterocycles. The summed E-state index contributed by atoms with van der Waals surface area (Å²) < 4.78 is 15.8. The number of aromatic nitrogens is 1. The van der Waals surface area contributed by atoms with Crippen molar-refractivity contribution in [3.63, 3.8) is 0 Å². The number of amides is 1. The Hall–Kier alpha value is -2.50. The lowest BCUT2D eigenvalue weighted by Crippen LogP contribution is -2.25. The van der Waals surface area contributed by atoms with E-state index in [2.05, 4.69) is 10.3 Å². The molecule has 110 valence electrons. The first-order chi connectivity index (χ1) is 10.2. The van der Waals surface area contributed by atoms with E-state index in [9.17, 15) is 4.79 Å². The molecule has 0 bridgehead atoms. The highest BCUT2D eigenvalue weighted by molar-refractivity contribution is 5.92. The number of nitrogens with one attached hydrogen (secondary N) is 1. The number of carbonyl (C=O) groups excluding carboxylic acids is 1. The van der Waals surface area contributed by atoms with Crippen LogP contribution in [0, 0.1) is 0 Å². The van der Waals surface area contributed by atoms with Gasteiger partial charge in [0.1, 0.15) is 17.8 Å². The number of ether oxygens (including phenoxy) is 2. The molecule has 1 fully saturated rings. The highest BCUT2D eigenvalue weighted by Crippen LogP contribution is 2.20. The van der Waals surface area contributed by atoms with Crippen molar-refractivity contribution in [1.82, 2.24) is 10.3 Å². The number of rotatable bonds is 6. The van der Waals surface area contributed by atoms with Crippen LogP contribution in [-0.4, -0.2) is 24.0 Å². The van der Waals surface area contributed by atoms with Crippen molar-refractivity contribution in [2.24, 2.45) is 0 Å². The third-order valence-electron chi connectivity index (χ3n) is 3.12. The molecule has 6 nitrogen and oxygen atoms in total. The lowest BCUT2D eigenvalue weighted by atomic mass is 10.3. The molecule has 0 aliphatic heterocycles. The van der Waals surface area contributed by atoms with Crippen LogP contribution in [-0.2, 0) is 6.61 Å². The summed E-state index contributed by atoms with van der Waals surface area (Å²) >= 11 is 0. The van der Waals surface area contributed by atoms with Gasteiger partial charge in [0.15, 0.2) is 12.3 Å². The van der Waals surface area contributed by atoms with Gasteiger partial charge in [0.2, 0.25) is 5.89 Å². The second-order valence-corrected chi connectivity index (χ2v) is 4.84. The lowest BCUT2D eigenvalue weighted by molar-refractivity contribution is 0.0946. The van der Waals surface area contributed by atoms with Gasteiger partial charge in [-0.3, -0.25) is 4.79 Å². The fraction of sp³-hybridized carbons (Fsp3) is 0.333. The summed E-state index contributed by atoms with van der Waals surface area (Å²) in [5.74, 6) is 1.61. The Bertz CT molecular complexity index is 617. The van der Waals surface area contributed by atoms with Crippen LogP contribution in [0.2, 0.25) is 0 Å². The third kappa shape index (κ3) is 3.53. The fourth-order valence-electron chi connectivity index (χ4n) is 1.79. The van der Waals surface area contributed by atoms with E-state index in [4.69, 9.17) is 13.9 Å². The Labute approximate surface area is 122 Å². The van der Waals surface area contributed by atoms with Gasteiger partial charge in [0.05, 0.1) is 7.11 Å². The normalized spacial score (nSPS) is 13.8. The van der Waals surface area contributed by atoms with Crippen LogP contribution in [0.25, 0.3) is 0 Å². The fourth-order valence-corrected chi connectivity index (χ4v) is 1.79. The maximum Gasteiger partial charge on any atom is 0.273 e. The Morgan fingerprint density at radius 3 is 2.71 bits per heavy atom. The standard InChI is InChI=1S/C15H16N2O4/c1-19-11-4-6-12(7-5-11)20-9-14-17-13(8-21-14)15(18)16-10-2-3-10/h4-8,10H,2-3,9H2,1H3,(H,16,18). The molecule has 1 amide bonds. The van der Waals surface area contributed by atoms with Gasteiger partial charge in [0, 0.05) is 6.04 Å². The monoisotopic (exact) mass is 288 g/mol. The molecular weight excluding hydrogens is 272 g/mol. The van der Waals surface area contributed by atoms with Crippen LogP contribution in [0.3, 0.4) is 0 Å². The Kier molecular flexibility index (Phi) is 3.77. The Morgan fingerprint density at radius 2 is 2.05 bits per heavy atom. The van der Waals surface area contributed by atoms with E-state index in [0.717, 1.165) is 18.6 Å². The second-order valence-electron chi connectivity index (χ2n) is 4.84. The minimum Gasteiger partial charge on any atom is -0.497 e. The summed E-state index contributed by atoms with van der Waals surface area (Å²) in [6.07, 6.45) is 3.43. The van der Waals surface area contributed by atoms with E-state index in [1.165, 1.54) is 6.26 Å². The van der Waals surface area contributed by atoms with Gasteiger partial charge in [-0.05, 0) is 37.1 Å². The molecule has 1 aromatic carbocycles. The molecule has 0 unspecified atom stereocenters. The van der Waals surface area contributed by atoms with E-state index >= 15 is 0 Å². The predicted octanol–water partition coefficient (Wildman–Crippen LogP) is 2.15. The van der Waals surface area contributed by atoms with E-state index < -0.39 is 0 Å². The minimum atomic E-state index is -0.197. The molecule has 6 heteroatoms. The molecule has 0 spiro atoms. The zero-order valence-corrected chi connectivity index (χ0v) is 11.7. The first-order valence-electron chi connectivity index (χ1n) is 6.77. The Balaban J connectivity index is 1.54. The predicted molar refractivity (Wildman–Crippen MR) is 74.3 cm³/mol. The van der Waals surface area contributed by atoms with Crippen molar-refractivity contribution >= 4 is 5.91 Å². The molecular formula is C15H16N2O4. The zero-order valence-electron chi connectivity index (χ0n) is 11.7. The van der Waals surface area contributed by atoms with Crippen LogP contribution in [0.5, 0.6) is 11.5 Å². The summed E-state index contributed by atoms with van der Waals surface area (Å²) in [7, 11) is 1.61. The number of carbonyl (C=O) groups is 1. The molecule has 3 rings (SSSR count). The van der Waals surface area contributed by atoms with E-state index in [0.29, 0.717) is 17.7 Å². The lowest BCUT2D eigenvalue weighted by Gasteiger charge is -2.04. The molecule has 0 atom stereocenters. The molecule has 1 aliphatic rings. The van der Waals surface area contributed by atoms with Gasteiger partial charge < -0.3 is 19.2 Å². The quantitative estimate of drug-likeness (QED) is 0.881. The molecule has 21 heavy (non-hydrogen) atoms. The van der Waals surface area contributed by atoms with Crippen molar-refractivity contribution in [3.05, 3.63) is 42.1 Å². The van der Waals surface area contributed by atoms with Gasteiger partial charge in [-0.15, -0.1) is 0 Å². The van der Waals surface area contributed by atoms with Gasteiger partial charge in [-0.1, -0.05) is 0 Å². The molecule has 1 N–H and O–H groups in total. The number of nitrogens with zero attached hydrogens (tertiary/aromatic N) is 1. The topological polar surface area (TPSA) is 73.6 Å². The first-order valence-corrected chi connectivity index (χ1v) is 6.77. The molecule has 0 radical (unpaired) electrons. The number of benzene rings is 1. The van der Waals surface area contributed by atoms with Gasteiger partial charge in [0.25, 0.3) is 5.91 Å². The van der Waals surface area contributed by atoms with Crippen LogP contribution in [0.4, 0.5) is 0 Å². The number of oxazole rings is 1. The molecule has 1 aromatic heterocycles. The number of hydrogen-bond donors (Lipinski definition) is 1. The SMILES string of the molecule is COc1ccc(OCc2nc(C(=O)NC3CC3)co2)cc1. The maximum atomic E-state index is 11.8. The maximum absolute atomic E-state index is 11.8. The van der Waals surface area contributed by atoms with Crippen LogP contribution >= 0.6 is 0 Å². The van der Waals surface area contributed by atoms with E-state index in [-0.39, 0.29) is 18.2 Å². The van der Waals surface area contributed by atoms with Crippen LogP contribution < -0.4 is 14.8 Å². The smallest absolute Gasteiger partial charge is 0.273 e. The average Bonchev–Trinajstić information content (AvgIpc) is 3.19. The zero-order chi connectivity index (χ0) is 14.7. The van der Waals surface area contributed by atoms with E-state index in [1.807, 2.05) is 0 Å². The minimum absolute atomic E-state index is 0.170. The number of hydrogen-bond acceptors (Lipinski definition) is 5. The molecule has 0 saturated heterocycles. The van der Waals surface area contributed by atoms with Crippen molar-refractivity contribution < 1.29 is 18.7 Å². The Morgan fingerprint density at radius 1 is 1.33 bits per heavy atom. The van der Waals surface area contributed by atoms with Crippen molar-refractivity contribution in [3.8, 4) is 11.5 Å². The molecule has 2 aromatic rings.